The first kappa shape index (κ1) is 19.3. The van der Waals surface area contributed by atoms with Gasteiger partial charge in [-0.3, -0.25) is 14.6 Å². The molecule has 0 radical (unpaired) electrons. The van der Waals surface area contributed by atoms with Crippen molar-refractivity contribution in [1.82, 2.24) is 10.3 Å². The average molecular weight is 373 g/mol. The second kappa shape index (κ2) is 9.46. The van der Waals surface area contributed by atoms with Crippen LogP contribution in [0.15, 0.2) is 79.0 Å². The smallest absolute Gasteiger partial charge is 0.269 e. The molecule has 0 spiro atoms. The number of rotatable bonds is 7. The Hall–Kier alpha value is -3.47. The Morgan fingerprint density at radius 3 is 2.32 bits per heavy atom. The zero-order chi connectivity index (χ0) is 19.8. The lowest BCUT2D eigenvalue weighted by Crippen LogP contribution is -2.31. The SMILES string of the molecule is CCN(C(=O)c1ccnc(C(=O)NCCc2ccccc2)c1)c1ccccc1. The molecule has 5 heteroatoms. The highest BCUT2D eigenvalue weighted by Crippen LogP contribution is 2.16. The van der Waals surface area contributed by atoms with Crippen LogP contribution in [-0.2, 0) is 6.42 Å². The number of amides is 2. The molecule has 0 aliphatic heterocycles. The molecule has 0 fully saturated rings. The summed E-state index contributed by atoms with van der Waals surface area (Å²) in [4.78, 5) is 31.1. The van der Waals surface area contributed by atoms with Gasteiger partial charge in [-0.1, -0.05) is 48.5 Å². The number of nitrogens with one attached hydrogen (secondary N) is 1. The molecule has 2 amide bonds. The Labute approximate surface area is 165 Å². The molecular weight excluding hydrogens is 350 g/mol. The summed E-state index contributed by atoms with van der Waals surface area (Å²) in [7, 11) is 0. The predicted octanol–water partition coefficient (Wildman–Crippen LogP) is 3.72. The van der Waals surface area contributed by atoms with E-state index in [9.17, 15) is 9.59 Å². The highest BCUT2D eigenvalue weighted by atomic mass is 16.2. The highest BCUT2D eigenvalue weighted by Gasteiger charge is 2.18. The third-order valence-electron chi connectivity index (χ3n) is 4.41. The Bertz CT molecular complexity index is 927. The predicted molar refractivity (Wildman–Crippen MR) is 111 cm³/mol. The monoisotopic (exact) mass is 373 g/mol. The van der Waals surface area contributed by atoms with Gasteiger partial charge in [-0.2, -0.15) is 0 Å². The van der Waals surface area contributed by atoms with Gasteiger partial charge in [0.1, 0.15) is 5.69 Å². The molecule has 3 aromatic rings. The van der Waals surface area contributed by atoms with Crippen molar-refractivity contribution in [3.63, 3.8) is 0 Å². The third kappa shape index (κ3) is 4.82. The Balaban J connectivity index is 1.67. The summed E-state index contributed by atoms with van der Waals surface area (Å²) in [6.07, 6.45) is 2.24. The fraction of sp³-hybridized carbons (Fsp3) is 0.174. The lowest BCUT2D eigenvalue weighted by molar-refractivity contribution is 0.0949. The van der Waals surface area contributed by atoms with Crippen molar-refractivity contribution in [3.8, 4) is 0 Å². The number of anilines is 1. The van der Waals surface area contributed by atoms with Crippen molar-refractivity contribution in [2.45, 2.75) is 13.3 Å². The second-order valence-electron chi connectivity index (χ2n) is 6.31. The highest BCUT2D eigenvalue weighted by molar-refractivity contribution is 6.07. The minimum Gasteiger partial charge on any atom is -0.350 e. The minimum absolute atomic E-state index is 0.158. The number of carbonyl (C=O) groups is 2. The van der Waals surface area contributed by atoms with Gasteiger partial charge in [0.25, 0.3) is 11.8 Å². The quantitative estimate of drug-likeness (QED) is 0.687. The molecular formula is C23H23N3O2. The summed E-state index contributed by atoms with van der Waals surface area (Å²) in [5, 5.41) is 2.86. The summed E-state index contributed by atoms with van der Waals surface area (Å²) in [5.41, 5.74) is 2.65. The van der Waals surface area contributed by atoms with Crippen LogP contribution in [-0.4, -0.2) is 29.9 Å². The summed E-state index contributed by atoms with van der Waals surface area (Å²) in [6, 6.07) is 22.6. The van der Waals surface area contributed by atoms with Crippen molar-refractivity contribution in [2.24, 2.45) is 0 Å². The topological polar surface area (TPSA) is 62.3 Å². The van der Waals surface area contributed by atoms with E-state index < -0.39 is 0 Å². The van der Waals surface area contributed by atoms with E-state index in [2.05, 4.69) is 10.3 Å². The average Bonchev–Trinajstić information content (AvgIpc) is 2.76. The first-order chi connectivity index (χ1) is 13.7. The molecule has 0 saturated carbocycles. The van der Waals surface area contributed by atoms with E-state index in [4.69, 9.17) is 0 Å². The Morgan fingerprint density at radius 1 is 0.964 bits per heavy atom. The minimum atomic E-state index is -0.284. The van der Waals surface area contributed by atoms with E-state index in [1.54, 1.807) is 17.0 Å². The molecule has 0 saturated heterocycles. The third-order valence-corrected chi connectivity index (χ3v) is 4.41. The number of nitrogens with zero attached hydrogens (tertiary/aromatic N) is 2. The molecule has 142 valence electrons. The summed E-state index contributed by atoms with van der Waals surface area (Å²) in [5.74, 6) is -0.442. The molecule has 0 atom stereocenters. The normalized spacial score (nSPS) is 10.3. The molecule has 1 heterocycles. The Morgan fingerprint density at radius 2 is 1.64 bits per heavy atom. The van der Waals surface area contributed by atoms with Crippen molar-refractivity contribution in [1.29, 1.82) is 0 Å². The van der Waals surface area contributed by atoms with Crippen LogP contribution in [0.25, 0.3) is 0 Å². The maximum Gasteiger partial charge on any atom is 0.269 e. The molecule has 3 rings (SSSR count). The van der Waals surface area contributed by atoms with E-state index in [0.717, 1.165) is 17.7 Å². The van der Waals surface area contributed by atoms with Crippen LogP contribution in [0.1, 0.15) is 33.3 Å². The molecule has 0 bridgehead atoms. The van der Waals surface area contributed by atoms with Crippen LogP contribution in [0.3, 0.4) is 0 Å². The Kier molecular flexibility index (Phi) is 6.52. The zero-order valence-electron chi connectivity index (χ0n) is 15.8. The van der Waals surface area contributed by atoms with Crippen LogP contribution in [0.5, 0.6) is 0 Å². The molecule has 1 N–H and O–H groups in total. The molecule has 0 aliphatic carbocycles. The van der Waals surface area contributed by atoms with Crippen LogP contribution in [0, 0.1) is 0 Å². The van der Waals surface area contributed by atoms with Crippen molar-refractivity contribution in [3.05, 3.63) is 95.8 Å². The fourth-order valence-corrected chi connectivity index (χ4v) is 2.95. The maximum absolute atomic E-state index is 12.9. The summed E-state index contributed by atoms with van der Waals surface area (Å²) < 4.78 is 0. The lowest BCUT2D eigenvalue weighted by atomic mass is 10.1. The van der Waals surface area contributed by atoms with Crippen molar-refractivity contribution >= 4 is 17.5 Å². The van der Waals surface area contributed by atoms with Gasteiger partial charge in [-0.15, -0.1) is 0 Å². The largest absolute Gasteiger partial charge is 0.350 e. The molecule has 2 aromatic carbocycles. The lowest BCUT2D eigenvalue weighted by Gasteiger charge is -2.21. The van der Waals surface area contributed by atoms with Gasteiger partial charge in [0.05, 0.1) is 0 Å². The molecule has 0 unspecified atom stereocenters. The van der Waals surface area contributed by atoms with Crippen molar-refractivity contribution < 1.29 is 9.59 Å². The molecule has 5 nitrogen and oxygen atoms in total. The van der Waals surface area contributed by atoms with Gasteiger partial charge in [-0.25, -0.2) is 0 Å². The molecule has 0 aliphatic rings. The summed E-state index contributed by atoms with van der Waals surface area (Å²) >= 11 is 0. The van der Waals surface area contributed by atoms with Gasteiger partial charge in [0, 0.05) is 30.5 Å². The van der Waals surface area contributed by atoms with Gasteiger partial charge in [0.15, 0.2) is 0 Å². The van der Waals surface area contributed by atoms with Crippen LogP contribution in [0.2, 0.25) is 0 Å². The number of carbonyl (C=O) groups excluding carboxylic acids is 2. The first-order valence-electron chi connectivity index (χ1n) is 9.34. The number of hydrogen-bond donors (Lipinski definition) is 1. The number of aromatic nitrogens is 1. The number of pyridine rings is 1. The first-order valence-corrected chi connectivity index (χ1v) is 9.34. The van der Waals surface area contributed by atoms with E-state index in [1.165, 1.54) is 6.20 Å². The zero-order valence-corrected chi connectivity index (χ0v) is 15.8. The van der Waals surface area contributed by atoms with Crippen LogP contribution in [0.4, 0.5) is 5.69 Å². The van der Waals surface area contributed by atoms with Crippen LogP contribution < -0.4 is 10.2 Å². The van der Waals surface area contributed by atoms with Gasteiger partial charge < -0.3 is 10.2 Å². The van der Waals surface area contributed by atoms with E-state index in [-0.39, 0.29) is 17.5 Å². The number of para-hydroxylation sites is 1. The second-order valence-corrected chi connectivity index (χ2v) is 6.31. The van der Waals surface area contributed by atoms with E-state index in [0.29, 0.717) is 18.7 Å². The van der Waals surface area contributed by atoms with Gasteiger partial charge in [-0.05, 0) is 43.2 Å². The van der Waals surface area contributed by atoms with Gasteiger partial charge >= 0.3 is 0 Å². The van der Waals surface area contributed by atoms with Crippen LogP contribution >= 0.6 is 0 Å². The number of hydrogen-bond acceptors (Lipinski definition) is 3. The maximum atomic E-state index is 12.9. The fourth-order valence-electron chi connectivity index (χ4n) is 2.95. The standard InChI is InChI=1S/C23H23N3O2/c1-2-26(20-11-7-4-8-12-20)23(28)19-14-16-24-21(17-19)22(27)25-15-13-18-9-5-3-6-10-18/h3-12,14,16-17H,2,13,15H2,1H3,(H,25,27). The summed E-state index contributed by atoms with van der Waals surface area (Å²) in [6.45, 7) is 2.96. The van der Waals surface area contributed by atoms with Crippen molar-refractivity contribution in [2.75, 3.05) is 18.0 Å². The van der Waals surface area contributed by atoms with E-state index >= 15 is 0 Å². The number of benzene rings is 2. The molecule has 28 heavy (non-hydrogen) atoms. The molecule has 1 aromatic heterocycles. The van der Waals surface area contributed by atoms with Gasteiger partial charge in [0.2, 0.25) is 0 Å². The van der Waals surface area contributed by atoms with E-state index in [1.807, 2.05) is 67.6 Å².